The van der Waals surface area contributed by atoms with Crippen LogP contribution in [0.3, 0.4) is 0 Å². The highest BCUT2D eigenvalue weighted by Gasteiger charge is 2.27. The van der Waals surface area contributed by atoms with Gasteiger partial charge in [0.15, 0.2) is 0 Å². The summed E-state index contributed by atoms with van der Waals surface area (Å²) >= 11 is 5.48. The molecule has 0 bridgehead atoms. The van der Waals surface area contributed by atoms with Crippen LogP contribution in [0.4, 0.5) is 8.78 Å². The second-order valence-electron chi connectivity index (χ2n) is 6.46. The van der Waals surface area contributed by atoms with E-state index in [0.717, 1.165) is 36.0 Å². The molecule has 0 saturated carbocycles. The van der Waals surface area contributed by atoms with Crippen LogP contribution in [0.5, 0.6) is 0 Å². The summed E-state index contributed by atoms with van der Waals surface area (Å²) in [5.41, 5.74) is 2.04. The summed E-state index contributed by atoms with van der Waals surface area (Å²) < 4.78 is 27.2. The number of hydrogen-bond acceptors (Lipinski definition) is 2. The molecule has 1 fully saturated rings. The molecule has 4 nitrogen and oxygen atoms in total. The number of carbonyl (C=O) groups is 1. The molecule has 1 aromatic carbocycles. The van der Waals surface area contributed by atoms with E-state index in [2.05, 4.69) is 9.97 Å². The van der Waals surface area contributed by atoms with E-state index in [0.29, 0.717) is 19.0 Å². The average Bonchev–Trinajstić information content (AvgIpc) is 3.09. The normalized spacial score (nSPS) is 15.6. The second-order valence-corrected chi connectivity index (χ2v) is 6.84. The Labute approximate surface area is 153 Å². The number of piperidine rings is 1. The fourth-order valence-corrected chi connectivity index (χ4v) is 3.68. The lowest BCUT2D eigenvalue weighted by atomic mass is 9.89. The number of benzene rings is 1. The smallest absolute Gasteiger partial charge is 0.254 e. The van der Waals surface area contributed by atoms with Crippen molar-refractivity contribution in [2.45, 2.75) is 18.8 Å². The molecule has 0 spiro atoms. The van der Waals surface area contributed by atoms with Crippen LogP contribution in [-0.2, 0) is 0 Å². The van der Waals surface area contributed by atoms with E-state index in [4.69, 9.17) is 11.6 Å². The average molecular weight is 376 g/mol. The van der Waals surface area contributed by atoms with Gasteiger partial charge in [0.25, 0.3) is 5.91 Å². The topological polar surface area (TPSA) is 49.0 Å². The van der Waals surface area contributed by atoms with E-state index in [1.807, 2.05) is 18.3 Å². The Morgan fingerprint density at radius 2 is 1.92 bits per heavy atom. The monoisotopic (exact) mass is 375 g/mol. The number of carbonyl (C=O) groups excluding carboxylic acids is 1. The quantitative estimate of drug-likeness (QED) is 0.670. The van der Waals surface area contributed by atoms with Gasteiger partial charge in [-0.15, -0.1) is 0 Å². The third kappa shape index (κ3) is 2.94. The number of fused-ring (bicyclic) bond motifs is 1. The number of rotatable bonds is 2. The SMILES string of the molecule is O=C(c1cc(F)c(Cl)c(F)c1)N1CCC(c2c[nH]c3ncccc23)CC1. The van der Waals surface area contributed by atoms with Crippen LogP contribution in [-0.4, -0.2) is 33.9 Å². The predicted molar refractivity (Wildman–Crippen MR) is 95.3 cm³/mol. The molecule has 2 aromatic heterocycles. The molecule has 3 heterocycles. The van der Waals surface area contributed by atoms with E-state index in [1.165, 1.54) is 5.56 Å². The van der Waals surface area contributed by atoms with Crippen LogP contribution in [0.25, 0.3) is 11.0 Å². The zero-order valence-electron chi connectivity index (χ0n) is 13.8. The van der Waals surface area contributed by atoms with Gasteiger partial charge in [-0.1, -0.05) is 11.6 Å². The standard InChI is InChI=1S/C19H16ClF2N3O/c20-17-15(21)8-12(9-16(17)22)19(26)25-6-3-11(4-7-25)14-10-24-18-13(14)2-1-5-23-18/h1-2,5,8-11H,3-4,6-7H2,(H,23,24). The highest BCUT2D eigenvalue weighted by Crippen LogP contribution is 2.33. The summed E-state index contributed by atoms with van der Waals surface area (Å²) in [7, 11) is 0. The summed E-state index contributed by atoms with van der Waals surface area (Å²) in [4.78, 5) is 21.7. The number of pyridine rings is 1. The molecule has 3 aromatic rings. The van der Waals surface area contributed by atoms with Gasteiger partial charge in [-0.3, -0.25) is 4.79 Å². The molecule has 0 radical (unpaired) electrons. The Morgan fingerprint density at radius 3 is 2.62 bits per heavy atom. The summed E-state index contributed by atoms with van der Waals surface area (Å²) in [6.07, 6.45) is 5.29. The first-order valence-corrected chi connectivity index (χ1v) is 8.78. The van der Waals surface area contributed by atoms with E-state index < -0.39 is 16.7 Å². The van der Waals surface area contributed by atoms with E-state index in [1.54, 1.807) is 11.1 Å². The Balaban J connectivity index is 1.49. The Bertz CT molecular complexity index is 957. The zero-order chi connectivity index (χ0) is 18.3. The number of H-pyrrole nitrogens is 1. The molecule has 1 aliphatic heterocycles. The van der Waals surface area contributed by atoms with Crippen LogP contribution >= 0.6 is 11.6 Å². The number of nitrogens with one attached hydrogen (secondary N) is 1. The second kappa shape index (κ2) is 6.68. The minimum absolute atomic E-state index is 0.0147. The molecule has 0 unspecified atom stereocenters. The Morgan fingerprint density at radius 1 is 1.23 bits per heavy atom. The molecule has 1 saturated heterocycles. The highest BCUT2D eigenvalue weighted by atomic mass is 35.5. The van der Waals surface area contributed by atoms with Crippen molar-refractivity contribution in [2.75, 3.05) is 13.1 Å². The van der Waals surface area contributed by atoms with Crippen molar-refractivity contribution in [2.24, 2.45) is 0 Å². The van der Waals surface area contributed by atoms with Gasteiger partial charge in [0.05, 0.1) is 0 Å². The molecular formula is C19H16ClF2N3O. The largest absolute Gasteiger partial charge is 0.346 e. The fourth-order valence-electron chi connectivity index (χ4n) is 3.57. The van der Waals surface area contributed by atoms with Crippen molar-refractivity contribution < 1.29 is 13.6 Å². The molecule has 134 valence electrons. The van der Waals surface area contributed by atoms with Crippen LogP contribution in [0.1, 0.15) is 34.7 Å². The number of aromatic nitrogens is 2. The lowest BCUT2D eigenvalue weighted by Gasteiger charge is -2.32. The number of halogens is 3. The van der Waals surface area contributed by atoms with Gasteiger partial charge in [0, 0.05) is 36.4 Å². The highest BCUT2D eigenvalue weighted by molar-refractivity contribution is 6.31. The van der Waals surface area contributed by atoms with Gasteiger partial charge in [0.2, 0.25) is 0 Å². The minimum atomic E-state index is -0.920. The number of amides is 1. The van der Waals surface area contributed by atoms with Gasteiger partial charge in [0.1, 0.15) is 22.3 Å². The van der Waals surface area contributed by atoms with Gasteiger partial charge in [-0.05, 0) is 48.6 Å². The van der Waals surface area contributed by atoms with E-state index in [9.17, 15) is 13.6 Å². The number of likely N-dealkylation sites (tertiary alicyclic amines) is 1. The third-order valence-corrected chi connectivity index (χ3v) is 5.30. The summed E-state index contributed by atoms with van der Waals surface area (Å²) in [6, 6.07) is 5.92. The molecule has 7 heteroatoms. The molecule has 0 aliphatic carbocycles. The van der Waals surface area contributed by atoms with Gasteiger partial charge in [-0.25, -0.2) is 13.8 Å². The zero-order valence-corrected chi connectivity index (χ0v) is 14.6. The van der Waals surface area contributed by atoms with Crippen molar-refractivity contribution in [1.29, 1.82) is 0 Å². The molecule has 1 amide bonds. The van der Waals surface area contributed by atoms with Gasteiger partial charge < -0.3 is 9.88 Å². The first kappa shape index (κ1) is 17.0. The molecule has 1 N–H and O–H groups in total. The molecular weight excluding hydrogens is 360 g/mol. The van der Waals surface area contributed by atoms with Crippen LogP contribution in [0.2, 0.25) is 5.02 Å². The van der Waals surface area contributed by atoms with Crippen LogP contribution in [0, 0.1) is 11.6 Å². The Kier molecular flexibility index (Phi) is 4.36. The molecule has 0 atom stereocenters. The van der Waals surface area contributed by atoms with Crippen LogP contribution < -0.4 is 0 Å². The Hall–Kier alpha value is -2.47. The van der Waals surface area contributed by atoms with Gasteiger partial charge >= 0.3 is 0 Å². The first-order valence-electron chi connectivity index (χ1n) is 8.40. The van der Waals surface area contributed by atoms with Crippen molar-refractivity contribution >= 4 is 28.5 Å². The third-order valence-electron chi connectivity index (χ3n) is 4.94. The predicted octanol–water partition coefficient (Wildman–Crippen LogP) is 4.51. The fraction of sp³-hybridized carbons (Fsp3) is 0.263. The lowest BCUT2D eigenvalue weighted by molar-refractivity contribution is 0.0712. The van der Waals surface area contributed by atoms with Crippen molar-refractivity contribution in [3.8, 4) is 0 Å². The molecule has 26 heavy (non-hydrogen) atoms. The maximum absolute atomic E-state index is 13.6. The molecule has 4 rings (SSSR count). The first-order chi connectivity index (χ1) is 12.5. The summed E-state index contributed by atoms with van der Waals surface area (Å²) in [5.74, 6) is -1.90. The van der Waals surface area contributed by atoms with Crippen LogP contribution in [0.15, 0.2) is 36.7 Å². The summed E-state index contributed by atoms with van der Waals surface area (Å²) in [6.45, 7) is 1.06. The maximum Gasteiger partial charge on any atom is 0.254 e. The van der Waals surface area contributed by atoms with E-state index >= 15 is 0 Å². The van der Waals surface area contributed by atoms with E-state index in [-0.39, 0.29) is 11.5 Å². The summed E-state index contributed by atoms with van der Waals surface area (Å²) in [5, 5.41) is 0.507. The number of nitrogens with zero attached hydrogens (tertiary/aromatic N) is 2. The number of hydrogen-bond donors (Lipinski definition) is 1. The molecule has 1 aliphatic rings. The van der Waals surface area contributed by atoms with Crippen molar-refractivity contribution in [3.05, 3.63) is 64.4 Å². The number of aromatic amines is 1. The minimum Gasteiger partial charge on any atom is -0.346 e. The van der Waals surface area contributed by atoms with Crippen molar-refractivity contribution in [1.82, 2.24) is 14.9 Å². The maximum atomic E-state index is 13.6. The van der Waals surface area contributed by atoms with Crippen molar-refractivity contribution in [3.63, 3.8) is 0 Å². The lowest BCUT2D eigenvalue weighted by Crippen LogP contribution is -2.38. The van der Waals surface area contributed by atoms with Gasteiger partial charge in [-0.2, -0.15) is 0 Å².